The van der Waals surface area contributed by atoms with Gasteiger partial charge in [-0.3, -0.25) is 0 Å². The first-order valence-electron chi connectivity index (χ1n) is 7.18. The predicted molar refractivity (Wildman–Crippen MR) is 79.4 cm³/mol. The Morgan fingerprint density at radius 3 is 2.39 bits per heavy atom. The van der Waals surface area contributed by atoms with Crippen LogP contribution in [0, 0.1) is 0 Å². The van der Waals surface area contributed by atoms with Gasteiger partial charge in [0, 0.05) is 0 Å². The molecule has 1 aromatic rings. The third kappa shape index (κ3) is 6.48. The molecule has 1 heteroatoms. The van der Waals surface area contributed by atoms with Gasteiger partial charge in [-0.05, 0) is 24.5 Å². The molecule has 0 fully saturated rings. The molecule has 0 saturated carbocycles. The van der Waals surface area contributed by atoms with Crippen LogP contribution in [-0.2, 0) is 4.74 Å². The van der Waals surface area contributed by atoms with Gasteiger partial charge in [0.15, 0.2) is 0 Å². The van der Waals surface area contributed by atoms with Crippen molar-refractivity contribution in [3.63, 3.8) is 0 Å². The van der Waals surface area contributed by atoms with Crippen LogP contribution in [0.15, 0.2) is 36.6 Å². The van der Waals surface area contributed by atoms with Crippen molar-refractivity contribution in [3.05, 3.63) is 42.2 Å². The highest BCUT2D eigenvalue weighted by Gasteiger charge is 1.94. The van der Waals surface area contributed by atoms with Crippen molar-refractivity contribution in [1.82, 2.24) is 0 Å². The molecule has 0 bridgehead atoms. The van der Waals surface area contributed by atoms with Gasteiger partial charge in [-0.1, -0.05) is 69.4 Å². The number of allylic oxidation sites excluding steroid dienone is 1. The van der Waals surface area contributed by atoms with E-state index in [-0.39, 0.29) is 0 Å². The Kier molecular flexibility index (Phi) is 8.03. The van der Waals surface area contributed by atoms with E-state index < -0.39 is 0 Å². The minimum atomic E-state index is 0.844. The molecule has 18 heavy (non-hydrogen) atoms. The van der Waals surface area contributed by atoms with E-state index in [1.54, 1.807) is 0 Å². The SMILES string of the molecule is CCCCCCCCO/C=C(\C)c1ccccc1. The number of benzene rings is 1. The lowest BCUT2D eigenvalue weighted by Gasteiger charge is -2.04. The molecule has 1 nitrogen and oxygen atoms in total. The van der Waals surface area contributed by atoms with E-state index >= 15 is 0 Å². The van der Waals surface area contributed by atoms with Crippen molar-refractivity contribution in [3.8, 4) is 0 Å². The highest BCUT2D eigenvalue weighted by atomic mass is 16.5. The maximum absolute atomic E-state index is 5.59. The van der Waals surface area contributed by atoms with Crippen LogP contribution in [0.25, 0.3) is 5.57 Å². The fourth-order valence-electron chi connectivity index (χ4n) is 1.92. The molecule has 0 saturated heterocycles. The maximum Gasteiger partial charge on any atom is 0.0873 e. The highest BCUT2D eigenvalue weighted by Crippen LogP contribution is 2.13. The van der Waals surface area contributed by atoms with E-state index in [4.69, 9.17) is 4.74 Å². The van der Waals surface area contributed by atoms with Crippen molar-refractivity contribution in [2.45, 2.75) is 52.4 Å². The molecule has 0 aromatic heterocycles. The van der Waals surface area contributed by atoms with Gasteiger partial charge in [-0.2, -0.15) is 0 Å². The zero-order valence-electron chi connectivity index (χ0n) is 11.8. The molecule has 0 aliphatic heterocycles. The zero-order valence-corrected chi connectivity index (χ0v) is 11.8. The van der Waals surface area contributed by atoms with E-state index in [0.29, 0.717) is 0 Å². The minimum absolute atomic E-state index is 0.844. The van der Waals surface area contributed by atoms with E-state index in [1.807, 2.05) is 12.3 Å². The first kappa shape index (κ1) is 14.8. The molecule has 100 valence electrons. The average molecular weight is 246 g/mol. The van der Waals surface area contributed by atoms with Crippen LogP contribution in [0.1, 0.15) is 57.9 Å². The summed E-state index contributed by atoms with van der Waals surface area (Å²) in [6.45, 7) is 5.19. The number of ether oxygens (including phenoxy) is 1. The van der Waals surface area contributed by atoms with Crippen LogP contribution in [0.4, 0.5) is 0 Å². The van der Waals surface area contributed by atoms with Gasteiger partial charge in [0.2, 0.25) is 0 Å². The molecule has 0 heterocycles. The quantitative estimate of drug-likeness (QED) is 0.417. The summed E-state index contributed by atoms with van der Waals surface area (Å²) in [4.78, 5) is 0. The van der Waals surface area contributed by atoms with Gasteiger partial charge in [-0.15, -0.1) is 0 Å². The molecule has 0 amide bonds. The first-order valence-corrected chi connectivity index (χ1v) is 7.18. The fourth-order valence-corrected chi connectivity index (χ4v) is 1.92. The lowest BCUT2D eigenvalue weighted by Crippen LogP contribution is -1.89. The van der Waals surface area contributed by atoms with E-state index in [9.17, 15) is 0 Å². The number of rotatable bonds is 9. The first-order chi connectivity index (χ1) is 8.84. The van der Waals surface area contributed by atoms with Crippen molar-refractivity contribution in [1.29, 1.82) is 0 Å². The Balaban J connectivity index is 2.10. The molecule has 0 N–H and O–H groups in total. The van der Waals surface area contributed by atoms with E-state index in [1.165, 1.54) is 49.7 Å². The molecule has 1 rings (SSSR count). The number of unbranched alkanes of at least 4 members (excludes halogenated alkanes) is 5. The smallest absolute Gasteiger partial charge is 0.0873 e. The Morgan fingerprint density at radius 2 is 1.67 bits per heavy atom. The van der Waals surface area contributed by atoms with Crippen LogP contribution in [0.3, 0.4) is 0 Å². The molecule has 0 aliphatic carbocycles. The van der Waals surface area contributed by atoms with E-state index in [0.717, 1.165) is 6.61 Å². The van der Waals surface area contributed by atoms with Crippen molar-refractivity contribution < 1.29 is 4.74 Å². The predicted octanol–water partition coefficient (Wildman–Crippen LogP) is 5.42. The van der Waals surface area contributed by atoms with Crippen molar-refractivity contribution in [2.75, 3.05) is 6.61 Å². The molecule has 0 spiro atoms. The Morgan fingerprint density at radius 1 is 1.00 bits per heavy atom. The van der Waals surface area contributed by atoms with E-state index in [2.05, 4.69) is 38.1 Å². The summed E-state index contributed by atoms with van der Waals surface area (Å²) in [7, 11) is 0. The topological polar surface area (TPSA) is 9.23 Å². The summed E-state index contributed by atoms with van der Waals surface area (Å²) in [5, 5.41) is 0. The van der Waals surface area contributed by atoms with Gasteiger partial charge < -0.3 is 4.74 Å². The van der Waals surface area contributed by atoms with Crippen LogP contribution >= 0.6 is 0 Å². The van der Waals surface area contributed by atoms with Crippen molar-refractivity contribution >= 4 is 5.57 Å². The minimum Gasteiger partial charge on any atom is -0.501 e. The normalized spacial score (nSPS) is 11.6. The lowest BCUT2D eigenvalue weighted by atomic mass is 10.1. The second-order valence-corrected chi connectivity index (χ2v) is 4.81. The summed E-state index contributed by atoms with van der Waals surface area (Å²) in [5.74, 6) is 0. The van der Waals surface area contributed by atoms with Gasteiger partial charge >= 0.3 is 0 Å². The summed E-state index contributed by atoms with van der Waals surface area (Å²) < 4.78 is 5.59. The molecule has 1 aromatic carbocycles. The Bertz CT molecular complexity index is 327. The molecule has 0 unspecified atom stereocenters. The van der Waals surface area contributed by atoms with Crippen LogP contribution < -0.4 is 0 Å². The molecule has 0 radical (unpaired) electrons. The van der Waals surface area contributed by atoms with Gasteiger partial charge in [0.1, 0.15) is 0 Å². The van der Waals surface area contributed by atoms with Crippen LogP contribution in [-0.4, -0.2) is 6.61 Å². The summed E-state index contributed by atoms with van der Waals surface area (Å²) in [5.41, 5.74) is 2.43. The molecular weight excluding hydrogens is 220 g/mol. The second-order valence-electron chi connectivity index (χ2n) is 4.81. The average Bonchev–Trinajstić information content (AvgIpc) is 2.42. The van der Waals surface area contributed by atoms with Crippen LogP contribution in [0.2, 0.25) is 0 Å². The molecule has 0 atom stereocenters. The maximum atomic E-state index is 5.59. The number of hydrogen-bond donors (Lipinski definition) is 0. The Hall–Kier alpha value is -1.24. The molecular formula is C17H26O. The Labute approximate surface area is 112 Å². The summed E-state index contributed by atoms with van der Waals surface area (Å²) in [6.07, 6.45) is 9.75. The van der Waals surface area contributed by atoms with Gasteiger partial charge in [0.05, 0.1) is 12.9 Å². The zero-order chi connectivity index (χ0) is 13.1. The largest absolute Gasteiger partial charge is 0.501 e. The third-order valence-electron chi connectivity index (χ3n) is 3.10. The number of hydrogen-bond acceptors (Lipinski definition) is 1. The summed E-state index contributed by atoms with van der Waals surface area (Å²) in [6, 6.07) is 10.4. The standard InChI is InChI=1S/C17H26O/c1-3-4-5-6-7-11-14-18-15-16(2)17-12-9-8-10-13-17/h8-10,12-13,15H,3-7,11,14H2,1-2H3/b16-15+. The third-order valence-corrected chi connectivity index (χ3v) is 3.10. The van der Waals surface area contributed by atoms with Crippen LogP contribution in [0.5, 0.6) is 0 Å². The second kappa shape index (κ2) is 9.76. The van der Waals surface area contributed by atoms with Crippen molar-refractivity contribution in [2.24, 2.45) is 0 Å². The molecule has 0 aliphatic rings. The summed E-state index contributed by atoms with van der Waals surface area (Å²) >= 11 is 0. The van der Waals surface area contributed by atoms with Gasteiger partial charge in [-0.25, -0.2) is 0 Å². The fraction of sp³-hybridized carbons (Fsp3) is 0.529. The monoisotopic (exact) mass is 246 g/mol. The lowest BCUT2D eigenvalue weighted by molar-refractivity contribution is 0.241. The highest BCUT2D eigenvalue weighted by molar-refractivity contribution is 5.62. The van der Waals surface area contributed by atoms with Gasteiger partial charge in [0.25, 0.3) is 0 Å².